The van der Waals surface area contributed by atoms with E-state index in [1.165, 1.54) is 0 Å². The molecule has 2 aliphatic heterocycles. The predicted molar refractivity (Wildman–Crippen MR) is 69.6 cm³/mol. The summed E-state index contributed by atoms with van der Waals surface area (Å²) in [5.74, 6) is 0.722. The van der Waals surface area contributed by atoms with E-state index in [1.807, 2.05) is 4.90 Å². The number of aromatic nitrogens is 2. The van der Waals surface area contributed by atoms with E-state index in [0.29, 0.717) is 25.5 Å². The Morgan fingerprint density at radius 1 is 1.26 bits per heavy atom. The third-order valence-corrected chi connectivity index (χ3v) is 3.82. The van der Waals surface area contributed by atoms with Gasteiger partial charge in [0.15, 0.2) is 0 Å². The normalized spacial score (nSPS) is 27.0. The van der Waals surface area contributed by atoms with Gasteiger partial charge < -0.3 is 14.9 Å². The third-order valence-electron chi connectivity index (χ3n) is 3.82. The summed E-state index contributed by atoms with van der Waals surface area (Å²) >= 11 is 0. The molecule has 2 atom stereocenters. The van der Waals surface area contributed by atoms with E-state index in [9.17, 15) is 9.90 Å². The molecule has 0 spiro atoms. The molecule has 3 heterocycles. The molecule has 6 heteroatoms. The number of hydrogen-bond donors (Lipinski definition) is 1. The molecular weight excluding hydrogens is 244 g/mol. The number of β-amino-alcohol motifs (C(OH)–C–C–N with tert-alkyl or cyclic N) is 1. The van der Waals surface area contributed by atoms with Gasteiger partial charge >= 0.3 is 0 Å². The number of likely N-dealkylation sites (tertiary alicyclic amines) is 1. The SMILES string of the molecule is O=C(C1CCCN1c1ncccn1)N1CCC(O)C1. The average molecular weight is 262 g/mol. The van der Waals surface area contributed by atoms with Crippen LogP contribution in [-0.4, -0.2) is 57.7 Å². The average Bonchev–Trinajstić information content (AvgIpc) is 3.07. The van der Waals surface area contributed by atoms with E-state index in [4.69, 9.17) is 0 Å². The lowest BCUT2D eigenvalue weighted by atomic mass is 10.2. The summed E-state index contributed by atoms with van der Waals surface area (Å²) in [4.78, 5) is 24.7. The summed E-state index contributed by atoms with van der Waals surface area (Å²) in [7, 11) is 0. The molecule has 1 amide bonds. The first-order chi connectivity index (χ1) is 9.25. The highest BCUT2D eigenvalue weighted by atomic mass is 16.3. The van der Waals surface area contributed by atoms with Gasteiger partial charge in [0.25, 0.3) is 0 Å². The summed E-state index contributed by atoms with van der Waals surface area (Å²) < 4.78 is 0. The van der Waals surface area contributed by atoms with Crippen molar-refractivity contribution in [1.82, 2.24) is 14.9 Å². The third kappa shape index (κ3) is 2.40. The van der Waals surface area contributed by atoms with E-state index in [2.05, 4.69) is 9.97 Å². The maximum Gasteiger partial charge on any atom is 0.245 e. The number of rotatable bonds is 2. The molecule has 2 fully saturated rings. The van der Waals surface area contributed by atoms with Crippen LogP contribution in [-0.2, 0) is 4.79 Å². The van der Waals surface area contributed by atoms with Crippen LogP contribution < -0.4 is 4.90 Å². The number of carbonyl (C=O) groups is 1. The molecule has 2 unspecified atom stereocenters. The lowest BCUT2D eigenvalue weighted by Gasteiger charge is -2.27. The lowest BCUT2D eigenvalue weighted by Crippen LogP contribution is -2.45. The number of aliphatic hydroxyl groups is 1. The highest BCUT2D eigenvalue weighted by Gasteiger charge is 2.37. The van der Waals surface area contributed by atoms with Crippen LogP contribution >= 0.6 is 0 Å². The van der Waals surface area contributed by atoms with E-state index < -0.39 is 0 Å². The smallest absolute Gasteiger partial charge is 0.245 e. The van der Waals surface area contributed by atoms with Gasteiger partial charge in [-0.3, -0.25) is 4.79 Å². The first kappa shape index (κ1) is 12.3. The fraction of sp³-hybridized carbons (Fsp3) is 0.615. The Hall–Kier alpha value is -1.69. The largest absolute Gasteiger partial charge is 0.391 e. The minimum Gasteiger partial charge on any atom is -0.391 e. The predicted octanol–water partition coefficient (Wildman–Crippen LogP) is 0.0386. The zero-order valence-electron chi connectivity index (χ0n) is 10.8. The first-order valence-corrected chi connectivity index (χ1v) is 6.76. The fourth-order valence-corrected chi connectivity index (χ4v) is 2.86. The molecule has 0 saturated carbocycles. The molecule has 2 saturated heterocycles. The molecule has 1 aromatic heterocycles. The van der Waals surface area contributed by atoms with E-state index in [0.717, 1.165) is 19.4 Å². The van der Waals surface area contributed by atoms with Gasteiger partial charge in [0.05, 0.1) is 6.10 Å². The van der Waals surface area contributed by atoms with Crippen molar-refractivity contribution in [3.8, 4) is 0 Å². The van der Waals surface area contributed by atoms with Crippen molar-refractivity contribution >= 4 is 11.9 Å². The van der Waals surface area contributed by atoms with Gasteiger partial charge in [0, 0.05) is 32.0 Å². The number of aliphatic hydroxyl groups excluding tert-OH is 1. The zero-order valence-corrected chi connectivity index (χ0v) is 10.8. The summed E-state index contributed by atoms with van der Waals surface area (Å²) in [5, 5.41) is 9.54. The van der Waals surface area contributed by atoms with Crippen LogP contribution in [0.15, 0.2) is 18.5 Å². The monoisotopic (exact) mass is 262 g/mol. The Morgan fingerprint density at radius 3 is 2.74 bits per heavy atom. The zero-order chi connectivity index (χ0) is 13.2. The van der Waals surface area contributed by atoms with Gasteiger partial charge in [0.1, 0.15) is 6.04 Å². The number of nitrogens with zero attached hydrogens (tertiary/aromatic N) is 4. The Bertz CT molecular complexity index is 453. The van der Waals surface area contributed by atoms with Gasteiger partial charge in [-0.2, -0.15) is 0 Å². The highest BCUT2D eigenvalue weighted by Crippen LogP contribution is 2.24. The van der Waals surface area contributed by atoms with Gasteiger partial charge in [0.2, 0.25) is 11.9 Å². The molecule has 6 nitrogen and oxygen atoms in total. The second-order valence-electron chi connectivity index (χ2n) is 5.13. The molecule has 1 aromatic rings. The molecule has 0 radical (unpaired) electrons. The minimum atomic E-state index is -0.369. The molecule has 0 aliphatic carbocycles. The number of amides is 1. The van der Waals surface area contributed by atoms with Crippen LogP contribution in [0.3, 0.4) is 0 Å². The van der Waals surface area contributed by atoms with Gasteiger partial charge in [-0.1, -0.05) is 0 Å². The van der Waals surface area contributed by atoms with E-state index in [-0.39, 0.29) is 18.1 Å². The summed E-state index contributed by atoms with van der Waals surface area (Å²) in [5.41, 5.74) is 0. The number of anilines is 1. The Labute approximate surface area is 112 Å². The van der Waals surface area contributed by atoms with Crippen LogP contribution in [0.5, 0.6) is 0 Å². The van der Waals surface area contributed by atoms with E-state index >= 15 is 0 Å². The van der Waals surface area contributed by atoms with Gasteiger partial charge in [-0.25, -0.2) is 9.97 Å². The fourth-order valence-electron chi connectivity index (χ4n) is 2.86. The van der Waals surface area contributed by atoms with Crippen LogP contribution in [0.25, 0.3) is 0 Å². The second-order valence-corrected chi connectivity index (χ2v) is 5.13. The van der Waals surface area contributed by atoms with Crippen molar-refractivity contribution in [3.63, 3.8) is 0 Å². The van der Waals surface area contributed by atoms with Gasteiger partial charge in [-0.15, -0.1) is 0 Å². The maximum absolute atomic E-state index is 12.5. The molecule has 0 bridgehead atoms. The molecule has 2 aliphatic rings. The van der Waals surface area contributed by atoms with Crippen molar-refractivity contribution in [1.29, 1.82) is 0 Å². The Morgan fingerprint density at radius 2 is 2.05 bits per heavy atom. The molecule has 0 aromatic carbocycles. The van der Waals surface area contributed by atoms with Gasteiger partial charge in [-0.05, 0) is 25.3 Å². The number of carbonyl (C=O) groups excluding carboxylic acids is 1. The van der Waals surface area contributed by atoms with Crippen LogP contribution in [0.1, 0.15) is 19.3 Å². The molecule has 19 heavy (non-hydrogen) atoms. The molecule has 1 N–H and O–H groups in total. The van der Waals surface area contributed by atoms with E-state index in [1.54, 1.807) is 23.4 Å². The Balaban J connectivity index is 1.74. The lowest BCUT2D eigenvalue weighted by molar-refractivity contribution is -0.131. The first-order valence-electron chi connectivity index (χ1n) is 6.76. The van der Waals surface area contributed by atoms with Crippen molar-refractivity contribution in [2.45, 2.75) is 31.4 Å². The minimum absolute atomic E-state index is 0.0986. The number of hydrogen-bond acceptors (Lipinski definition) is 5. The summed E-state index contributed by atoms with van der Waals surface area (Å²) in [6.07, 6.45) is 5.52. The maximum atomic E-state index is 12.5. The van der Waals surface area contributed by atoms with Crippen molar-refractivity contribution in [2.75, 3.05) is 24.5 Å². The standard InChI is InChI=1S/C13H18N4O2/c18-10-4-8-16(9-10)12(19)11-3-1-7-17(11)13-14-5-2-6-15-13/h2,5-6,10-11,18H,1,3-4,7-9H2. The molecular formula is C13H18N4O2. The molecule has 102 valence electrons. The van der Waals surface area contributed by atoms with Crippen LogP contribution in [0.2, 0.25) is 0 Å². The van der Waals surface area contributed by atoms with Crippen LogP contribution in [0, 0.1) is 0 Å². The quantitative estimate of drug-likeness (QED) is 0.815. The van der Waals surface area contributed by atoms with Crippen LogP contribution in [0.4, 0.5) is 5.95 Å². The van der Waals surface area contributed by atoms with Crippen molar-refractivity contribution in [3.05, 3.63) is 18.5 Å². The molecule has 3 rings (SSSR count). The highest BCUT2D eigenvalue weighted by molar-refractivity contribution is 5.85. The van der Waals surface area contributed by atoms with Crippen molar-refractivity contribution < 1.29 is 9.90 Å². The van der Waals surface area contributed by atoms with Crippen molar-refractivity contribution in [2.24, 2.45) is 0 Å². The summed E-state index contributed by atoms with van der Waals surface area (Å²) in [6, 6.07) is 1.60. The Kier molecular flexibility index (Phi) is 3.33. The topological polar surface area (TPSA) is 69.6 Å². The summed E-state index contributed by atoms with van der Waals surface area (Å²) in [6.45, 7) is 1.93. The second kappa shape index (κ2) is 5.13.